The largest absolute Gasteiger partial charge is 0.350 e. The lowest BCUT2D eigenvalue weighted by Gasteiger charge is -2.29. The van der Waals surface area contributed by atoms with Crippen LogP contribution in [0.4, 0.5) is 5.95 Å². The lowest BCUT2D eigenvalue weighted by atomic mass is 9.91. The molecule has 0 radical (unpaired) electrons. The number of allylic oxidation sites excluding steroid dienone is 1. The molecule has 2 aromatic heterocycles. The minimum Gasteiger partial charge on any atom is -0.350 e. The number of hydrogen-bond donors (Lipinski definition) is 3. The van der Waals surface area contributed by atoms with Gasteiger partial charge in [0.05, 0.1) is 22.0 Å². The van der Waals surface area contributed by atoms with Gasteiger partial charge in [0.25, 0.3) is 5.91 Å². The molecular formula is C20H23N5O3S. The number of carbonyl (C=O) groups excluding carboxylic acids is 1. The van der Waals surface area contributed by atoms with Gasteiger partial charge >= 0.3 is 0 Å². The summed E-state index contributed by atoms with van der Waals surface area (Å²) in [6, 6.07) is 0.264. The summed E-state index contributed by atoms with van der Waals surface area (Å²) in [6.45, 7) is 0.268. The van der Waals surface area contributed by atoms with E-state index in [0.717, 1.165) is 30.4 Å². The number of nitrogens with zero attached hydrogens (tertiary/aromatic N) is 2. The van der Waals surface area contributed by atoms with Gasteiger partial charge in [-0.05, 0) is 25.0 Å². The Morgan fingerprint density at radius 2 is 2.10 bits per heavy atom. The van der Waals surface area contributed by atoms with E-state index in [1.54, 1.807) is 6.20 Å². The van der Waals surface area contributed by atoms with E-state index in [1.807, 2.05) is 23.6 Å². The lowest BCUT2D eigenvalue weighted by molar-refractivity contribution is 0.0503. The lowest BCUT2D eigenvalue weighted by Crippen LogP contribution is -2.42. The molecule has 152 valence electrons. The summed E-state index contributed by atoms with van der Waals surface area (Å²) >= 11 is 1.45. The molecule has 2 unspecified atom stereocenters. The molecule has 2 aliphatic carbocycles. The van der Waals surface area contributed by atoms with E-state index in [2.05, 4.69) is 20.6 Å². The third-order valence-electron chi connectivity index (χ3n) is 5.60. The highest BCUT2D eigenvalue weighted by Gasteiger charge is 2.28. The Labute approximate surface area is 172 Å². The number of fused-ring (bicyclic) bond motifs is 2. The molecule has 1 amide bonds. The molecule has 2 aromatic rings. The SMILES string of the molecule is N[C@H]1CCCC[C@H]1Nc1ncc2scc(C(=O)NC3=CC4OCOC4C=C3)c2n1. The maximum absolute atomic E-state index is 12.9. The van der Waals surface area contributed by atoms with Crippen LogP contribution in [0.25, 0.3) is 10.2 Å². The Balaban J connectivity index is 1.34. The molecule has 0 aromatic carbocycles. The van der Waals surface area contributed by atoms with Crippen molar-refractivity contribution in [2.45, 2.75) is 50.0 Å². The molecule has 1 saturated heterocycles. The van der Waals surface area contributed by atoms with E-state index in [4.69, 9.17) is 15.2 Å². The molecule has 29 heavy (non-hydrogen) atoms. The Bertz CT molecular complexity index is 988. The average Bonchev–Trinajstić information content (AvgIpc) is 3.36. The monoisotopic (exact) mass is 413 g/mol. The standard InChI is InChI=1S/C20H23N5O3S/c21-13-3-1-2-4-14(13)24-20-22-8-17-18(25-20)12(9-29-17)19(26)23-11-5-6-15-16(7-11)28-10-27-15/h5-9,13-16H,1-4,10,21H2,(H,23,26)(H,22,24,25)/t13-,14+,15?,16?/m0/s1. The molecular weight excluding hydrogens is 390 g/mol. The Morgan fingerprint density at radius 1 is 1.24 bits per heavy atom. The summed E-state index contributed by atoms with van der Waals surface area (Å²) in [5.41, 5.74) is 8.10. The number of thiophene rings is 1. The van der Waals surface area contributed by atoms with Crippen LogP contribution in [-0.2, 0) is 9.47 Å². The fourth-order valence-electron chi connectivity index (χ4n) is 3.97. The second kappa shape index (κ2) is 7.83. The Kier molecular flexibility index (Phi) is 5.04. The first-order valence-electron chi connectivity index (χ1n) is 9.88. The molecule has 2 fully saturated rings. The molecule has 0 spiro atoms. The van der Waals surface area contributed by atoms with Crippen molar-refractivity contribution in [1.29, 1.82) is 0 Å². The zero-order valence-corrected chi connectivity index (χ0v) is 16.7. The van der Waals surface area contributed by atoms with Gasteiger partial charge in [-0.2, -0.15) is 0 Å². The maximum atomic E-state index is 12.9. The highest BCUT2D eigenvalue weighted by molar-refractivity contribution is 7.17. The second-order valence-electron chi connectivity index (χ2n) is 7.57. The Morgan fingerprint density at radius 3 is 3.00 bits per heavy atom. The quantitative estimate of drug-likeness (QED) is 0.705. The minimum absolute atomic E-state index is 0.0786. The average molecular weight is 414 g/mol. The third-order valence-corrected chi connectivity index (χ3v) is 6.51. The summed E-state index contributed by atoms with van der Waals surface area (Å²) in [5.74, 6) is 0.312. The predicted octanol–water partition coefficient (Wildman–Crippen LogP) is 2.30. The number of aromatic nitrogens is 2. The van der Waals surface area contributed by atoms with Crippen LogP contribution in [0, 0.1) is 0 Å². The maximum Gasteiger partial charge on any atom is 0.258 e. The smallest absolute Gasteiger partial charge is 0.258 e. The molecule has 1 aliphatic heterocycles. The van der Waals surface area contributed by atoms with Gasteiger partial charge in [-0.3, -0.25) is 4.79 Å². The molecule has 5 rings (SSSR count). The predicted molar refractivity (Wildman–Crippen MR) is 111 cm³/mol. The fourth-order valence-corrected chi connectivity index (χ4v) is 4.81. The van der Waals surface area contributed by atoms with Gasteiger partial charge in [-0.1, -0.05) is 18.9 Å². The summed E-state index contributed by atoms with van der Waals surface area (Å²) in [5, 5.41) is 8.11. The van der Waals surface area contributed by atoms with Crippen molar-refractivity contribution in [3.63, 3.8) is 0 Å². The summed E-state index contributed by atoms with van der Waals surface area (Å²) in [4.78, 5) is 21.9. The van der Waals surface area contributed by atoms with Crippen molar-refractivity contribution in [2.24, 2.45) is 5.73 Å². The summed E-state index contributed by atoms with van der Waals surface area (Å²) < 4.78 is 11.8. The number of carbonyl (C=O) groups is 1. The van der Waals surface area contributed by atoms with Crippen LogP contribution in [0.1, 0.15) is 36.0 Å². The van der Waals surface area contributed by atoms with Crippen molar-refractivity contribution in [1.82, 2.24) is 15.3 Å². The van der Waals surface area contributed by atoms with E-state index >= 15 is 0 Å². The van der Waals surface area contributed by atoms with Crippen LogP contribution in [0.5, 0.6) is 0 Å². The Hall–Kier alpha value is -2.33. The van der Waals surface area contributed by atoms with E-state index in [0.29, 0.717) is 22.7 Å². The first kappa shape index (κ1) is 18.7. The van der Waals surface area contributed by atoms with Gasteiger partial charge in [0.2, 0.25) is 5.95 Å². The molecule has 4 atom stereocenters. The van der Waals surface area contributed by atoms with Crippen molar-refractivity contribution in [2.75, 3.05) is 12.1 Å². The highest BCUT2D eigenvalue weighted by atomic mass is 32.1. The fraction of sp³-hybridized carbons (Fsp3) is 0.450. The zero-order valence-electron chi connectivity index (χ0n) is 15.8. The number of nitrogens with one attached hydrogen (secondary N) is 2. The number of rotatable bonds is 4. The molecule has 4 N–H and O–H groups in total. The third kappa shape index (κ3) is 3.78. The normalized spacial score (nSPS) is 28.8. The number of nitrogens with two attached hydrogens (primary N) is 1. The van der Waals surface area contributed by atoms with Crippen LogP contribution in [0.2, 0.25) is 0 Å². The van der Waals surface area contributed by atoms with Crippen molar-refractivity contribution < 1.29 is 14.3 Å². The van der Waals surface area contributed by atoms with Crippen LogP contribution < -0.4 is 16.4 Å². The van der Waals surface area contributed by atoms with Crippen LogP contribution in [0.15, 0.2) is 35.5 Å². The van der Waals surface area contributed by atoms with Gasteiger partial charge in [-0.15, -0.1) is 11.3 Å². The zero-order chi connectivity index (χ0) is 19.8. The minimum atomic E-state index is -0.205. The molecule has 8 nitrogen and oxygen atoms in total. The highest BCUT2D eigenvalue weighted by Crippen LogP contribution is 2.27. The van der Waals surface area contributed by atoms with Crippen LogP contribution in [0.3, 0.4) is 0 Å². The summed E-state index contributed by atoms with van der Waals surface area (Å²) in [7, 11) is 0. The number of anilines is 1. The molecule has 9 heteroatoms. The van der Waals surface area contributed by atoms with Gasteiger partial charge in [-0.25, -0.2) is 9.97 Å². The van der Waals surface area contributed by atoms with Crippen molar-refractivity contribution in [3.8, 4) is 0 Å². The van der Waals surface area contributed by atoms with Gasteiger partial charge < -0.3 is 25.8 Å². The molecule has 1 saturated carbocycles. The molecule has 3 aliphatic rings. The topological polar surface area (TPSA) is 111 Å². The number of hydrogen-bond acceptors (Lipinski definition) is 8. The first-order chi connectivity index (χ1) is 14.2. The van der Waals surface area contributed by atoms with Gasteiger partial charge in [0.1, 0.15) is 19.0 Å². The van der Waals surface area contributed by atoms with Crippen LogP contribution >= 0.6 is 11.3 Å². The van der Waals surface area contributed by atoms with E-state index in [1.165, 1.54) is 11.3 Å². The molecule has 0 bridgehead atoms. The molecule has 3 heterocycles. The van der Waals surface area contributed by atoms with Gasteiger partial charge in [0.15, 0.2) is 0 Å². The number of amides is 1. The number of ether oxygens (including phenoxy) is 2. The van der Waals surface area contributed by atoms with Crippen molar-refractivity contribution >= 4 is 33.4 Å². The second-order valence-corrected chi connectivity index (χ2v) is 8.48. The summed E-state index contributed by atoms with van der Waals surface area (Å²) in [6.07, 6.45) is 11.5. The van der Waals surface area contributed by atoms with Crippen molar-refractivity contribution in [3.05, 3.63) is 41.1 Å². The van der Waals surface area contributed by atoms with E-state index in [-0.39, 0.29) is 37.0 Å². The first-order valence-corrected chi connectivity index (χ1v) is 10.8. The van der Waals surface area contributed by atoms with Crippen LogP contribution in [-0.4, -0.2) is 47.0 Å². The van der Waals surface area contributed by atoms with E-state index in [9.17, 15) is 4.79 Å². The van der Waals surface area contributed by atoms with Gasteiger partial charge in [0, 0.05) is 23.2 Å². The van der Waals surface area contributed by atoms with E-state index < -0.39 is 0 Å².